The second-order valence-electron chi connectivity index (χ2n) is 4.89. The van der Waals surface area contributed by atoms with Crippen molar-refractivity contribution in [2.24, 2.45) is 0 Å². The second kappa shape index (κ2) is 8.88. The van der Waals surface area contributed by atoms with Crippen molar-refractivity contribution in [3.05, 3.63) is 66.7 Å². The van der Waals surface area contributed by atoms with Gasteiger partial charge < -0.3 is 9.84 Å². The van der Waals surface area contributed by atoms with Gasteiger partial charge in [0.15, 0.2) is 6.61 Å². The summed E-state index contributed by atoms with van der Waals surface area (Å²) in [7, 11) is 0. The number of hydrogen-bond donors (Lipinski definition) is 3. The Hall–Kier alpha value is -3.61. The first kappa shape index (κ1) is 17.7. The van der Waals surface area contributed by atoms with Crippen LogP contribution in [0.15, 0.2) is 66.7 Å². The second-order valence-corrected chi connectivity index (χ2v) is 4.89. The van der Waals surface area contributed by atoms with E-state index >= 15 is 0 Å². The van der Waals surface area contributed by atoms with Gasteiger partial charge in [-0.05, 0) is 23.3 Å². The fraction of sp³-hybridized carbons (Fsp3) is 0.0556. The van der Waals surface area contributed by atoms with Gasteiger partial charge in [-0.3, -0.25) is 20.4 Å². The molecule has 7 nitrogen and oxygen atoms in total. The lowest BCUT2D eigenvalue weighted by molar-refractivity contribution is -0.131. The Morgan fingerprint density at radius 3 is 2.16 bits per heavy atom. The molecule has 2 aromatic rings. The molecule has 2 amide bonds. The molecular weight excluding hydrogens is 324 g/mol. The molecule has 2 rings (SSSR count). The van der Waals surface area contributed by atoms with Crippen LogP contribution in [0.25, 0.3) is 11.1 Å². The van der Waals surface area contributed by atoms with Crippen LogP contribution in [0, 0.1) is 0 Å². The molecule has 0 aromatic heterocycles. The molecule has 0 aliphatic rings. The summed E-state index contributed by atoms with van der Waals surface area (Å²) >= 11 is 0. The number of benzene rings is 2. The van der Waals surface area contributed by atoms with E-state index < -0.39 is 17.8 Å². The number of aliphatic carboxylic acids is 1. The van der Waals surface area contributed by atoms with Gasteiger partial charge in [0.05, 0.1) is 0 Å². The van der Waals surface area contributed by atoms with E-state index in [9.17, 15) is 14.4 Å². The molecule has 0 bridgehead atoms. The van der Waals surface area contributed by atoms with E-state index in [0.717, 1.165) is 17.2 Å². The standard InChI is InChI=1S/C18H16N2O5/c21-16(10-11-18(23)24)19-20-17(22)12-25-15-8-6-14(7-9-15)13-4-2-1-3-5-13/h1-11H,12H2,(H,19,21)(H,20,22)(H,23,24). The first-order valence-electron chi connectivity index (χ1n) is 7.33. The van der Waals surface area contributed by atoms with Gasteiger partial charge >= 0.3 is 5.97 Å². The number of ether oxygens (including phenoxy) is 1. The highest BCUT2D eigenvalue weighted by molar-refractivity contribution is 5.94. The molecule has 0 atom stereocenters. The topological polar surface area (TPSA) is 105 Å². The lowest BCUT2D eigenvalue weighted by Crippen LogP contribution is -2.43. The predicted molar refractivity (Wildman–Crippen MR) is 90.4 cm³/mol. The zero-order valence-corrected chi connectivity index (χ0v) is 13.1. The van der Waals surface area contributed by atoms with E-state index in [1.807, 2.05) is 47.9 Å². The molecule has 25 heavy (non-hydrogen) atoms. The maximum atomic E-state index is 11.6. The fourth-order valence-corrected chi connectivity index (χ4v) is 1.88. The van der Waals surface area contributed by atoms with Crippen LogP contribution in [0.2, 0.25) is 0 Å². The molecular formula is C18H16N2O5. The van der Waals surface area contributed by atoms with Gasteiger partial charge in [0, 0.05) is 12.2 Å². The third-order valence-corrected chi connectivity index (χ3v) is 3.03. The van der Waals surface area contributed by atoms with E-state index in [1.165, 1.54) is 0 Å². The Kier molecular flexibility index (Phi) is 6.30. The van der Waals surface area contributed by atoms with Crippen molar-refractivity contribution in [1.82, 2.24) is 10.9 Å². The quantitative estimate of drug-likeness (QED) is 0.546. The molecule has 3 N–H and O–H groups in total. The molecule has 128 valence electrons. The average molecular weight is 340 g/mol. The smallest absolute Gasteiger partial charge is 0.328 e. The van der Waals surface area contributed by atoms with Crippen LogP contribution in [0.3, 0.4) is 0 Å². The highest BCUT2D eigenvalue weighted by atomic mass is 16.5. The summed E-state index contributed by atoms with van der Waals surface area (Å²) in [6.45, 7) is -0.298. The molecule has 2 aromatic carbocycles. The number of rotatable bonds is 6. The molecule has 0 radical (unpaired) electrons. The summed E-state index contributed by atoms with van der Waals surface area (Å²) in [5.74, 6) is -2.09. The summed E-state index contributed by atoms with van der Waals surface area (Å²) in [5, 5.41) is 8.37. The van der Waals surface area contributed by atoms with Crippen LogP contribution in [0.4, 0.5) is 0 Å². The van der Waals surface area contributed by atoms with Crippen LogP contribution in [-0.4, -0.2) is 29.5 Å². The van der Waals surface area contributed by atoms with Crippen LogP contribution in [0.1, 0.15) is 0 Å². The zero-order chi connectivity index (χ0) is 18.1. The minimum atomic E-state index is -1.26. The minimum absolute atomic E-state index is 0.298. The van der Waals surface area contributed by atoms with Crippen LogP contribution in [0.5, 0.6) is 5.75 Å². The molecule has 0 unspecified atom stereocenters. The number of carbonyl (C=O) groups is 3. The fourth-order valence-electron chi connectivity index (χ4n) is 1.88. The number of hydrogen-bond acceptors (Lipinski definition) is 4. The van der Waals surface area contributed by atoms with Crippen molar-refractivity contribution in [3.63, 3.8) is 0 Å². The summed E-state index contributed by atoms with van der Waals surface area (Å²) in [6.07, 6.45) is 1.44. The summed E-state index contributed by atoms with van der Waals surface area (Å²) < 4.78 is 5.31. The van der Waals surface area contributed by atoms with Crippen molar-refractivity contribution < 1.29 is 24.2 Å². The molecule has 0 aliphatic carbocycles. The van der Waals surface area contributed by atoms with Gasteiger partial charge in [0.25, 0.3) is 11.8 Å². The van der Waals surface area contributed by atoms with E-state index in [-0.39, 0.29) is 6.61 Å². The maximum absolute atomic E-state index is 11.6. The first-order valence-corrected chi connectivity index (χ1v) is 7.33. The first-order chi connectivity index (χ1) is 12.0. The maximum Gasteiger partial charge on any atom is 0.328 e. The van der Waals surface area contributed by atoms with Crippen molar-refractivity contribution in [2.45, 2.75) is 0 Å². The van der Waals surface area contributed by atoms with E-state index in [4.69, 9.17) is 9.84 Å². The Morgan fingerprint density at radius 1 is 0.880 bits per heavy atom. The van der Waals surface area contributed by atoms with Gasteiger partial charge in [-0.1, -0.05) is 42.5 Å². The molecule has 7 heteroatoms. The molecule has 0 fully saturated rings. The largest absolute Gasteiger partial charge is 0.484 e. The average Bonchev–Trinajstić information content (AvgIpc) is 2.64. The van der Waals surface area contributed by atoms with Crippen molar-refractivity contribution in [1.29, 1.82) is 0 Å². The normalized spacial score (nSPS) is 10.2. The number of carbonyl (C=O) groups excluding carboxylic acids is 2. The number of carboxylic acid groups (broad SMARTS) is 1. The lowest BCUT2D eigenvalue weighted by atomic mass is 10.1. The summed E-state index contributed by atoms with van der Waals surface area (Å²) in [6, 6.07) is 17.1. The van der Waals surface area contributed by atoms with Gasteiger partial charge in [-0.25, -0.2) is 4.79 Å². The Bertz CT molecular complexity index is 770. The zero-order valence-electron chi connectivity index (χ0n) is 13.1. The van der Waals surface area contributed by atoms with Gasteiger partial charge in [0.2, 0.25) is 0 Å². The molecule has 0 aliphatic heterocycles. The van der Waals surface area contributed by atoms with E-state index in [1.54, 1.807) is 12.1 Å². The molecule has 0 spiro atoms. The summed E-state index contributed by atoms with van der Waals surface area (Å²) in [4.78, 5) is 33.0. The van der Waals surface area contributed by atoms with E-state index in [2.05, 4.69) is 5.43 Å². The Morgan fingerprint density at radius 2 is 1.52 bits per heavy atom. The Labute approximate surface area is 143 Å². The highest BCUT2D eigenvalue weighted by Gasteiger charge is 2.04. The van der Waals surface area contributed by atoms with Crippen molar-refractivity contribution >= 4 is 17.8 Å². The highest BCUT2D eigenvalue weighted by Crippen LogP contribution is 2.21. The molecule has 0 saturated heterocycles. The minimum Gasteiger partial charge on any atom is -0.484 e. The molecule has 0 heterocycles. The predicted octanol–water partition coefficient (Wildman–Crippen LogP) is 1.52. The SMILES string of the molecule is O=C(O)C=CC(=O)NNC(=O)COc1ccc(-c2ccccc2)cc1. The number of hydrazine groups is 1. The van der Waals surface area contributed by atoms with Crippen molar-refractivity contribution in [3.8, 4) is 16.9 Å². The number of nitrogens with one attached hydrogen (secondary N) is 2. The molecule has 0 saturated carbocycles. The van der Waals surface area contributed by atoms with E-state index in [0.29, 0.717) is 11.8 Å². The van der Waals surface area contributed by atoms with Gasteiger partial charge in [-0.2, -0.15) is 0 Å². The van der Waals surface area contributed by atoms with Crippen LogP contribution >= 0.6 is 0 Å². The van der Waals surface area contributed by atoms with Crippen LogP contribution in [-0.2, 0) is 14.4 Å². The third kappa shape index (κ3) is 6.19. The van der Waals surface area contributed by atoms with Crippen LogP contribution < -0.4 is 15.6 Å². The van der Waals surface area contributed by atoms with Crippen molar-refractivity contribution in [2.75, 3.05) is 6.61 Å². The van der Waals surface area contributed by atoms with Gasteiger partial charge in [-0.15, -0.1) is 0 Å². The Balaban J connectivity index is 1.78. The monoisotopic (exact) mass is 340 g/mol. The summed E-state index contributed by atoms with van der Waals surface area (Å²) in [5.41, 5.74) is 6.24. The number of amides is 2. The van der Waals surface area contributed by atoms with Gasteiger partial charge in [0.1, 0.15) is 5.75 Å². The lowest BCUT2D eigenvalue weighted by Gasteiger charge is -2.08. The number of carboxylic acids is 1. The third-order valence-electron chi connectivity index (χ3n) is 3.03.